The van der Waals surface area contributed by atoms with Gasteiger partial charge in [0.05, 0.1) is 24.4 Å². The van der Waals surface area contributed by atoms with Crippen molar-refractivity contribution in [3.8, 4) is 0 Å². The smallest absolute Gasteiger partial charge is 0.399 e. The molecule has 1 aliphatic heterocycles. The summed E-state index contributed by atoms with van der Waals surface area (Å²) >= 11 is 6.78. The highest BCUT2D eigenvalue weighted by Gasteiger charge is 2.52. The molecule has 0 radical (unpaired) electrons. The average Bonchev–Trinajstić information content (AvgIpc) is 3.38. The first kappa shape index (κ1) is 25.8. The van der Waals surface area contributed by atoms with Crippen LogP contribution in [0.2, 0.25) is 0 Å². The maximum atomic E-state index is 9.49. The van der Waals surface area contributed by atoms with Crippen LogP contribution in [0.25, 0.3) is 20.2 Å². The summed E-state index contributed by atoms with van der Waals surface area (Å²) in [6.45, 7) is 12.6. The highest BCUT2D eigenvalue weighted by Crippen LogP contribution is 2.38. The third-order valence-corrected chi connectivity index (χ3v) is 10.5. The van der Waals surface area contributed by atoms with E-state index in [4.69, 9.17) is 14.4 Å². The number of halogens is 1. The first-order valence-electron chi connectivity index (χ1n) is 11.3. The lowest BCUT2D eigenvalue weighted by atomic mass is 9.78. The summed E-state index contributed by atoms with van der Waals surface area (Å²) in [7, 11) is -0.358. The van der Waals surface area contributed by atoms with Crippen LogP contribution >= 0.6 is 38.6 Å². The monoisotopic (exact) mass is 560 g/mol. The van der Waals surface area contributed by atoms with Gasteiger partial charge < -0.3 is 19.5 Å². The summed E-state index contributed by atoms with van der Waals surface area (Å²) < 4.78 is 15.8. The normalized spacial score (nSPS) is 16.8. The van der Waals surface area contributed by atoms with Crippen LogP contribution in [0, 0.1) is 13.8 Å². The van der Waals surface area contributed by atoms with E-state index in [1.54, 1.807) is 22.7 Å². The topological polar surface area (TPSA) is 58.9 Å². The summed E-state index contributed by atoms with van der Waals surface area (Å²) in [6, 6.07) is 12.3. The molecule has 4 nitrogen and oxygen atoms in total. The summed E-state index contributed by atoms with van der Waals surface area (Å²) in [5.74, 6) is 0. The second-order valence-electron chi connectivity index (χ2n) is 9.55. The third-order valence-electron chi connectivity index (χ3n) is 6.90. The molecule has 1 saturated heterocycles. The van der Waals surface area contributed by atoms with Crippen LogP contribution in [0.1, 0.15) is 48.6 Å². The lowest BCUT2D eigenvalue weighted by Gasteiger charge is -2.32. The third kappa shape index (κ3) is 4.50. The van der Waals surface area contributed by atoms with Gasteiger partial charge in [-0.05, 0) is 85.4 Å². The van der Waals surface area contributed by atoms with Crippen LogP contribution < -0.4 is 5.46 Å². The van der Waals surface area contributed by atoms with Gasteiger partial charge in [0, 0.05) is 29.1 Å². The Balaban J connectivity index is 0.000000180. The molecule has 3 heterocycles. The van der Waals surface area contributed by atoms with Crippen molar-refractivity contribution in [1.82, 2.24) is 0 Å². The van der Waals surface area contributed by atoms with Crippen LogP contribution in [-0.4, -0.2) is 28.5 Å². The van der Waals surface area contributed by atoms with Crippen LogP contribution in [0.4, 0.5) is 0 Å². The zero-order valence-electron chi connectivity index (χ0n) is 20.4. The van der Waals surface area contributed by atoms with Gasteiger partial charge in [-0.3, -0.25) is 0 Å². The molecule has 34 heavy (non-hydrogen) atoms. The van der Waals surface area contributed by atoms with E-state index >= 15 is 0 Å². The van der Waals surface area contributed by atoms with Gasteiger partial charge in [-0.25, -0.2) is 0 Å². The molecular formula is C26H30BBrO4S2. The molecule has 4 aromatic rings. The molecule has 1 aliphatic rings. The van der Waals surface area contributed by atoms with Gasteiger partial charge in [-0.1, -0.05) is 30.3 Å². The molecule has 2 aromatic heterocycles. The largest absolute Gasteiger partial charge is 0.496 e. The second-order valence-corrected chi connectivity index (χ2v) is 12.6. The van der Waals surface area contributed by atoms with Gasteiger partial charge in [0.15, 0.2) is 0 Å². The number of hydrogen-bond donors (Lipinski definition) is 2. The Morgan fingerprint density at radius 1 is 0.794 bits per heavy atom. The van der Waals surface area contributed by atoms with E-state index in [2.05, 4.69) is 75.7 Å². The van der Waals surface area contributed by atoms with E-state index in [-0.39, 0.29) is 31.5 Å². The fourth-order valence-corrected chi connectivity index (χ4v) is 6.90. The fraction of sp³-hybridized carbons (Fsp3) is 0.385. The summed E-state index contributed by atoms with van der Waals surface area (Å²) in [5.41, 5.74) is 2.72. The lowest BCUT2D eigenvalue weighted by molar-refractivity contribution is 0.00578. The van der Waals surface area contributed by atoms with Gasteiger partial charge in [-0.15, -0.1) is 22.7 Å². The molecule has 2 N–H and O–H groups in total. The molecule has 0 spiro atoms. The van der Waals surface area contributed by atoms with Gasteiger partial charge in [0.2, 0.25) is 0 Å². The molecule has 0 atom stereocenters. The minimum absolute atomic E-state index is 0.0774. The highest BCUT2D eigenvalue weighted by atomic mass is 79.9. The molecular weight excluding hydrogens is 531 g/mol. The van der Waals surface area contributed by atoms with E-state index in [0.29, 0.717) is 0 Å². The molecule has 180 valence electrons. The van der Waals surface area contributed by atoms with Gasteiger partial charge in [0.25, 0.3) is 0 Å². The van der Waals surface area contributed by atoms with Crippen molar-refractivity contribution in [3.63, 3.8) is 0 Å². The van der Waals surface area contributed by atoms with E-state index in [9.17, 15) is 5.11 Å². The number of rotatable bonds is 3. The van der Waals surface area contributed by atoms with Crippen molar-refractivity contribution >= 4 is 71.4 Å². The van der Waals surface area contributed by atoms with Crippen LogP contribution in [0.5, 0.6) is 0 Å². The minimum Gasteiger partial charge on any atom is -0.399 e. The molecule has 0 saturated carbocycles. The standard InChI is InChI=1S/C16H21BO3S.C10H9BrOS/c1-10-11-7-6-8-12(14(11)21-13(10)9-18)17-19-15(2,3)16(4,5)20-17;1-6-7-3-2-4-8(11)10(7)13-9(6)5-12/h6-8,18H,9H2,1-5H3;2-4,12H,5H2,1H3. The fourth-order valence-electron chi connectivity index (χ4n) is 4.03. The maximum Gasteiger partial charge on any atom is 0.496 e. The van der Waals surface area contributed by atoms with Crippen molar-refractivity contribution in [2.75, 3.05) is 0 Å². The summed E-state index contributed by atoms with van der Waals surface area (Å²) in [6.07, 6.45) is 0. The predicted molar refractivity (Wildman–Crippen MR) is 148 cm³/mol. The Morgan fingerprint density at radius 3 is 1.76 bits per heavy atom. The average molecular weight is 561 g/mol. The first-order valence-corrected chi connectivity index (χ1v) is 13.7. The van der Waals surface area contributed by atoms with Gasteiger partial charge in [0.1, 0.15) is 0 Å². The van der Waals surface area contributed by atoms with E-state index in [0.717, 1.165) is 30.0 Å². The molecule has 0 bridgehead atoms. The lowest BCUT2D eigenvalue weighted by Crippen LogP contribution is -2.41. The Kier molecular flexibility index (Phi) is 7.33. The molecule has 0 unspecified atom stereocenters. The summed E-state index contributed by atoms with van der Waals surface area (Å²) in [4.78, 5) is 2.07. The van der Waals surface area contributed by atoms with Crippen LogP contribution in [0.15, 0.2) is 40.9 Å². The number of benzene rings is 2. The number of fused-ring (bicyclic) bond motifs is 2. The molecule has 0 amide bonds. The van der Waals surface area contributed by atoms with Crippen molar-refractivity contribution in [2.45, 2.75) is 66.0 Å². The van der Waals surface area contributed by atoms with Crippen LogP contribution in [0.3, 0.4) is 0 Å². The second kappa shape index (κ2) is 9.66. The maximum absolute atomic E-state index is 9.49. The van der Waals surface area contributed by atoms with Crippen molar-refractivity contribution in [2.24, 2.45) is 0 Å². The number of thiophene rings is 2. The van der Waals surface area contributed by atoms with Crippen LogP contribution in [-0.2, 0) is 22.5 Å². The van der Waals surface area contributed by atoms with Gasteiger partial charge in [-0.2, -0.15) is 0 Å². The number of hydrogen-bond acceptors (Lipinski definition) is 6. The zero-order valence-corrected chi connectivity index (χ0v) is 23.6. The highest BCUT2D eigenvalue weighted by molar-refractivity contribution is 9.10. The first-order chi connectivity index (χ1) is 16.0. The van der Waals surface area contributed by atoms with Crippen molar-refractivity contribution in [3.05, 3.63) is 61.8 Å². The number of aliphatic hydroxyl groups is 2. The SMILES string of the molecule is Cc1c(CO)sc2c(B3OC(C)(C)C(C)(C)O3)cccc12.Cc1c(CO)sc2c(Br)cccc12. The van der Waals surface area contributed by atoms with E-state index in [1.807, 2.05) is 18.2 Å². The van der Waals surface area contributed by atoms with E-state index < -0.39 is 0 Å². The molecule has 1 fully saturated rings. The molecule has 0 aliphatic carbocycles. The minimum atomic E-state index is -0.358. The van der Waals surface area contributed by atoms with Gasteiger partial charge >= 0.3 is 7.12 Å². The number of aryl methyl sites for hydroxylation is 2. The predicted octanol–water partition coefficient (Wildman–Crippen LogP) is 6.47. The molecule has 5 rings (SSSR count). The van der Waals surface area contributed by atoms with Crippen molar-refractivity contribution < 1.29 is 19.5 Å². The number of aliphatic hydroxyl groups excluding tert-OH is 2. The molecule has 8 heteroatoms. The quantitative estimate of drug-likeness (QED) is 0.282. The summed E-state index contributed by atoms with van der Waals surface area (Å²) in [5, 5.41) is 21.0. The Hall–Kier alpha value is -1.26. The Labute approximate surface area is 217 Å². The Morgan fingerprint density at radius 2 is 1.26 bits per heavy atom. The zero-order chi connectivity index (χ0) is 24.8. The molecule has 2 aromatic carbocycles. The van der Waals surface area contributed by atoms with Crippen molar-refractivity contribution in [1.29, 1.82) is 0 Å². The Bertz CT molecular complexity index is 1330. The van der Waals surface area contributed by atoms with E-state index in [1.165, 1.54) is 21.0 Å².